The van der Waals surface area contributed by atoms with Crippen molar-refractivity contribution in [2.45, 2.75) is 32.6 Å². The third-order valence-electron chi connectivity index (χ3n) is 3.03. The molecule has 0 amide bonds. The zero-order valence-corrected chi connectivity index (χ0v) is 12.8. The maximum atomic E-state index is 11.7. The molecule has 1 aromatic carbocycles. The van der Waals surface area contributed by atoms with E-state index in [9.17, 15) is 9.59 Å². The fraction of sp³-hybridized carbons (Fsp3) is 0.500. The molecule has 0 radical (unpaired) electrons. The van der Waals surface area contributed by atoms with E-state index < -0.39 is 11.8 Å². The lowest BCUT2D eigenvalue weighted by molar-refractivity contribution is -0.151. The van der Waals surface area contributed by atoms with Crippen LogP contribution < -0.4 is 9.47 Å². The van der Waals surface area contributed by atoms with Crippen molar-refractivity contribution >= 4 is 11.8 Å². The number of benzene rings is 1. The highest BCUT2D eigenvalue weighted by Gasteiger charge is 2.19. The van der Waals surface area contributed by atoms with Crippen molar-refractivity contribution in [2.75, 3.05) is 20.8 Å². The smallest absolute Gasteiger partial charge is 0.374 e. The van der Waals surface area contributed by atoms with Gasteiger partial charge in [0.2, 0.25) is 5.78 Å². The van der Waals surface area contributed by atoms with Gasteiger partial charge >= 0.3 is 5.97 Å². The lowest BCUT2D eigenvalue weighted by Crippen LogP contribution is -2.18. The normalized spacial score (nSPS) is 10.0. The zero-order chi connectivity index (χ0) is 15.7. The second-order valence-electron chi connectivity index (χ2n) is 4.60. The van der Waals surface area contributed by atoms with Gasteiger partial charge in [0.15, 0.2) is 11.5 Å². The molecular weight excluding hydrogens is 272 g/mol. The molecule has 116 valence electrons. The summed E-state index contributed by atoms with van der Waals surface area (Å²) >= 11 is 0. The Balaban J connectivity index is 2.80. The highest BCUT2D eigenvalue weighted by atomic mass is 16.5. The molecule has 0 spiro atoms. The standard InChI is InChI=1S/C16H22O5/c1-4-5-6-10-21-14-9-7-8-12(15(14)19-2)11-13(17)16(18)20-3/h7-9H,4-6,10-11H2,1-3H3. The van der Waals surface area contributed by atoms with Crippen molar-refractivity contribution in [3.05, 3.63) is 23.8 Å². The molecule has 0 aliphatic rings. The van der Waals surface area contributed by atoms with Crippen LogP contribution in [0.15, 0.2) is 18.2 Å². The molecule has 5 heteroatoms. The van der Waals surface area contributed by atoms with Gasteiger partial charge in [-0.2, -0.15) is 0 Å². The molecule has 0 aliphatic carbocycles. The molecule has 0 saturated heterocycles. The summed E-state index contributed by atoms with van der Waals surface area (Å²) in [6.45, 7) is 2.72. The van der Waals surface area contributed by atoms with Crippen LogP contribution in [0, 0.1) is 0 Å². The van der Waals surface area contributed by atoms with E-state index in [4.69, 9.17) is 9.47 Å². The summed E-state index contributed by atoms with van der Waals surface area (Å²) in [5, 5.41) is 0. The average Bonchev–Trinajstić information content (AvgIpc) is 2.50. The second kappa shape index (κ2) is 9.00. The third kappa shape index (κ3) is 5.10. The Labute approximate surface area is 125 Å². The summed E-state index contributed by atoms with van der Waals surface area (Å²) in [5.41, 5.74) is 0.612. The maximum Gasteiger partial charge on any atom is 0.374 e. The molecule has 0 saturated carbocycles. The van der Waals surface area contributed by atoms with E-state index in [0.29, 0.717) is 23.7 Å². The number of methoxy groups -OCH3 is 2. The Kier molecular flexibility index (Phi) is 7.29. The van der Waals surface area contributed by atoms with Gasteiger partial charge in [0.25, 0.3) is 0 Å². The van der Waals surface area contributed by atoms with Crippen LogP contribution in [0.1, 0.15) is 31.7 Å². The maximum absolute atomic E-state index is 11.7. The molecule has 0 heterocycles. The monoisotopic (exact) mass is 294 g/mol. The van der Waals surface area contributed by atoms with Crippen molar-refractivity contribution in [2.24, 2.45) is 0 Å². The largest absolute Gasteiger partial charge is 0.493 e. The molecule has 0 aliphatic heterocycles. The Hall–Kier alpha value is -2.04. The molecule has 0 bridgehead atoms. The first kappa shape index (κ1) is 17.0. The van der Waals surface area contributed by atoms with Gasteiger partial charge in [0.1, 0.15) is 0 Å². The highest BCUT2D eigenvalue weighted by molar-refractivity contribution is 6.34. The first-order valence-electron chi connectivity index (χ1n) is 7.03. The van der Waals surface area contributed by atoms with Crippen LogP contribution in [0.5, 0.6) is 11.5 Å². The predicted octanol–water partition coefficient (Wildman–Crippen LogP) is 2.55. The molecule has 0 N–H and O–H groups in total. The average molecular weight is 294 g/mol. The fourth-order valence-corrected chi connectivity index (χ4v) is 1.94. The number of carbonyl (C=O) groups is 2. The predicted molar refractivity (Wildman–Crippen MR) is 78.7 cm³/mol. The van der Waals surface area contributed by atoms with Crippen molar-refractivity contribution in [1.82, 2.24) is 0 Å². The first-order valence-corrected chi connectivity index (χ1v) is 7.03. The highest BCUT2D eigenvalue weighted by Crippen LogP contribution is 2.31. The van der Waals surface area contributed by atoms with E-state index in [2.05, 4.69) is 11.7 Å². The SMILES string of the molecule is CCCCCOc1cccc(CC(=O)C(=O)OC)c1OC. The number of ketones is 1. The molecule has 1 aromatic rings. The summed E-state index contributed by atoms with van der Waals surface area (Å²) in [5.74, 6) is -0.389. The summed E-state index contributed by atoms with van der Waals surface area (Å²) < 4.78 is 15.4. The van der Waals surface area contributed by atoms with Crippen LogP contribution in [-0.4, -0.2) is 32.6 Å². The van der Waals surface area contributed by atoms with E-state index in [0.717, 1.165) is 19.3 Å². The summed E-state index contributed by atoms with van der Waals surface area (Å²) in [7, 11) is 2.70. The van der Waals surface area contributed by atoms with Crippen LogP contribution in [0.25, 0.3) is 0 Å². The number of ether oxygens (including phenoxy) is 3. The van der Waals surface area contributed by atoms with Gasteiger partial charge < -0.3 is 14.2 Å². The molecular formula is C16H22O5. The molecule has 5 nitrogen and oxygen atoms in total. The number of hydrogen-bond donors (Lipinski definition) is 0. The minimum absolute atomic E-state index is 0.0675. The fourth-order valence-electron chi connectivity index (χ4n) is 1.94. The summed E-state index contributed by atoms with van der Waals surface area (Å²) in [4.78, 5) is 22.9. The Bertz CT molecular complexity index is 482. The van der Waals surface area contributed by atoms with Gasteiger partial charge in [-0.05, 0) is 12.5 Å². The topological polar surface area (TPSA) is 61.8 Å². The summed E-state index contributed by atoms with van der Waals surface area (Å²) in [6.07, 6.45) is 3.12. The summed E-state index contributed by atoms with van der Waals surface area (Å²) in [6, 6.07) is 5.30. The number of hydrogen-bond acceptors (Lipinski definition) is 5. The quantitative estimate of drug-likeness (QED) is 0.398. The number of para-hydroxylation sites is 1. The molecule has 0 atom stereocenters. The van der Waals surface area contributed by atoms with Gasteiger partial charge in [0, 0.05) is 12.0 Å². The van der Waals surface area contributed by atoms with E-state index in [1.165, 1.54) is 14.2 Å². The Morgan fingerprint density at radius 3 is 2.52 bits per heavy atom. The van der Waals surface area contributed by atoms with E-state index in [-0.39, 0.29) is 6.42 Å². The van der Waals surface area contributed by atoms with Crippen molar-refractivity contribution in [3.8, 4) is 11.5 Å². The van der Waals surface area contributed by atoms with Crippen LogP contribution in [0.4, 0.5) is 0 Å². The molecule has 0 unspecified atom stereocenters. The van der Waals surface area contributed by atoms with Gasteiger partial charge in [-0.1, -0.05) is 31.9 Å². The van der Waals surface area contributed by atoms with Crippen LogP contribution >= 0.6 is 0 Å². The van der Waals surface area contributed by atoms with E-state index in [1.54, 1.807) is 18.2 Å². The number of rotatable bonds is 9. The van der Waals surface area contributed by atoms with Crippen LogP contribution in [-0.2, 0) is 20.7 Å². The van der Waals surface area contributed by atoms with Crippen LogP contribution in [0.2, 0.25) is 0 Å². The molecule has 21 heavy (non-hydrogen) atoms. The number of Topliss-reactive ketones (excluding diaryl/α,β-unsaturated/α-hetero) is 1. The van der Waals surface area contributed by atoms with Gasteiger partial charge in [-0.15, -0.1) is 0 Å². The van der Waals surface area contributed by atoms with Crippen LogP contribution in [0.3, 0.4) is 0 Å². The molecule has 0 fully saturated rings. The number of esters is 1. The van der Waals surface area contributed by atoms with Crippen molar-refractivity contribution in [1.29, 1.82) is 0 Å². The third-order valence-corrected chi connectivity index (χ3v) is 3.03. The Morgan fingerprint density at radius 2 is 1.90 bits per heavy atom. The molecule has 1 rings (SSSR count). The number of carbonyl (C=O) groups excluding carboxylic acids is 2. The van der Waals surface area contributed by atoms with Gasteiger partial charge in [-0.3, -0.25) is 4.79 Å². The first-order chi connectivity index (χ1) is 10.1. The number of unbranched alkanes of at least 4 members (excludes halogenated alkanes) is 2. The van der Waals surface area contributed by atoms with Gasteiger partial charge in [0.05, 0.1) is 20.8 Å². The van der Waals surface area contributed by atoms with Crippen molar-refractivity contribution in [3.63, 3.8) is 0 Å². The lowest BCUT2D eigenvalue weighted by atomic mass is 10.1. The van der Waals surface area contributed by atoms with Crippen molar-refractivity contribution < 1.29 is 23.8 Å². The molecule has 0 aromatic heterocycles. The van der Waals surface area contributed by atoms with Gasteiger partial charge in [-0.25, -0.2) is 4.79 Å². The zero-order valence-electron chi connectivity index (χ0n) is 12.8. The Morgan fingerprint density at radius 1 is 1.14 bits per heavy atom. The lowest BCUT2D eigenvalue weighted by Gasteiger charge is -2.13. The minimum atomic E-state index is -0.855. The van der Waals surface area contributed by atoms with E-state index in [1.807, 2.05) is 0 Å². The van der Waals surface area contributed by atoms with E-state index >= 15 is 0 Å². The second-order valence-corrected chi connectivity index (χ2v) is 4.60. The minimum Gasteiger partial charge on any atom is -0.493 e.